The molecule has 0 saturated heterocycles. The zero-order valence-electron chi connectivity index (χ0n) is 16.5. The highest BCUT2D eigenvalue weighted by atomic mass is 19.1. The second kappa shape index (κ2) is 8.55. The van der Waals surface area contributed by atoms with E-state index in [2.05, 4.69) is 5.32 Å². The molecule has 0 bridgehead atoms. The Morgan fingerprint density at radius 3 is 2.50 bits per heavy atom. The smallest absolute Gasteiger partial charge is 0.243 e. The predicted molar refractivity (Wildman–Crippen MR) is 109 cm³/mol. The van der Waals surface area contributed by atoms with Crippen molar-refractivity contribution in [3.63, 3.8) is 0 Å². The minimum absolute atomic E-state index is 0.0338. The van der Waals surface area contributed by atoms with Gasteiger partial charge in [0.25, 0.3) is 0 Å². The second-order valence-electron chi connectivity index (χ2n) is 7.52. The fourth-order valence-corrected chi connectivity index (χ4v) is 4.18. The molecule has 2 amide bonds. The molecule has 2 aromatic carbocycles. The molecule has 3 rings (SSSR count). The van der Waals surface area contributed by atoms with E-state index >= 15 is 0 Å². The molecule has 4 nitrogen and oxygen atoms in total. The third-order valence-electron chi connectivity index (χ3n) is 5.64. The van der Waals surface area contributed by atoms with Gasteiger partial charge in [-0.25, -0.2) is 4.39 Å². The van der Waals surface area contributed by atoms with Gasteiger partial charge in [-0.2, -0.15) is 0 Å². The average Bonchev–Trinajstić information content (AvgIpc) is 3.18. The standard InChI is InChI=1S/C23H27FN2O2/c1-3-17-9-4-5-12-20(17)25-21(27)16-26(2)22(28)23(13-6-7-14-23)18-10-8-11-19(24)15-18/h4-5,8-12,15H,3,6-7,13-14,16H2,1-2H3,(H,25,27). The maximum absolute atomic E-state index is 13.8. The summed E-state index contributed by atoms with van der Waals surface area (Å²) in [4.78, 5) is 27.3. The molecular weight excluding hydrogens is 355 g/mol. The van der Waals surface area contributed by atoms with Crippen LogP contribution in [-0.4, -0.2) is 30.3 Å². The van der Waals surface area contributed by atoms with E-state index in [4.69, 9.17) is 0 Å². The third kappa shape index (κ3) is 4.08. The molecule has 148 valence electrons. The van der Waals surface area contributed by atoms with Gasteiger partial charge < -0.3 is 10.2 Å². The molecule has 1 fully saturated rings. The van der Waals surface area contributed by atoms with Crippen molar-refractivity contribution in [1.82, 2.24) is 4.90 Å². The van der Waals surface area contributed by atoms with Crippen LogP contribution < -0.4 is 5.32 Å². The lowest BCUT2D eigenvalue weighted by atomic mass is 9.77. The molecule has 0 spiro atoms. The number of rotatable bonds is 6. The first-order valence-corrected chi connectivity index (χ1v) is 9.85. The number of hydrogen-bond acceptors (Lipinski definition) is 2. The van der Waals surface area contributed by atoms with Crippen LogP contribution in [0.25, 0.3) is 0 Å². The molecule has 1 N–H and O–H groups in total. The van der Waals surface area contributed by atoms with Gasteiger partial charge in [-0.05, 0) is 48.6 Å². The van der Waals surface area contributed by atoms with Gasteiger partial charge in [0, 0.05) is 12.7 Å². The molecule has 1 aliphatic rings. The summed E-state index contributed by atoms with van der Waals surface area (Å²) in [5.74, 6) is -0.688. The van der Waals surface area contributed by atoms with E-state index in [1.807, 2.05) is 37.3 Å². The zero-order valence-corrected chi connectivity index (χ0v) is 16.5. The Balaban J connectivity index is 1.74. The monoisotopic (exact) mass is 382 g/mol. The molecule has 0 aliphatic heterocycles. The molecule has 0 heterocycles. The van der Waals surface area contributed by atoms with Crippen molar-refractivity contribution in [3.05, 3.63) is 65.5 Å². The maximum atomic E-state index is 13.8. The summed E-state index contributed by atoms with van der Waals surface area (Å²) in [5, 5.41) is 2.91. The SMILES string of the molecule is CCc1ccccc1NC(=O)CN(C)C(=O)C1(c2cccc(F)c2)CCCC1. The van der Waals surface area contributed by atoms with E-state index in [0.717, 1.165) is 30.5 Å². The largest absolute Gasteiger partial charge is 0.336 e. The minimum atomic E-state index is -0.738. The van der Waals surface area contributed by atoms with Crippen LogP contribution in [0.3, 0.4) is 0 Å². The Hall–Kier alpha value is -2.69. The number of likely N-dealkylation sites (N-methyl/N-ethyl adjacent to an activating group) is 1. The van der Waals surface area contributed by atoms with Crippen molar-refractivity contribution in [2.24, 2.45) is 0 Å². The maximum Gasteiger partial charge on any atom is 0.243 e. The van der Waals surface area contributed by atoms with Crippen LogP contribution in [0.1, 0.15) is 43.7 Å². The number of amides is 2. The van der Waals surface area contributed by atoms with Gasteiger partial charge in [-0.15, -0.1) is 0 Å². The Morgan fingerprint density at radius 1 is 1.11 bits per heavy atom. The highest BCUT2D eigenvalue weighted by molar-refractivity contribution is 5.97. The van der Waals surface area contributed by atoms with Gasteiger partial charge >= 0.3 is 0 Å². The normalized spacial score (nSPS) is 15.2. The van der Waals surface area contributed by atoms with Crippen LogP contribution in [-0.2, 0) is 21.4 Å². The van der Waals surface area contributed by atoms with Gasteiger partial charge in [0.15, 0.2) is 0 Å². The number of nitrogens with one attached hydrogen (secondary N) is 1. The summed E-state index contributed by atoms with van der Waals surface area (Å²) >= 11 is 0. The third-order valence-corrected chi connectivity index (χ3v) is 5.64. The summed E-state index contributed by atoms with van der Waals surface area (Å²) in [6, 6.07) is 14.0. The van der Waals surface area contributed by atoms with Crippen molar-refractivity contribution in [1.29, 1.82) is 0 Å². The molecule has 1 saturated carbocycles. The quantitative estimate of drug-likeness (QED) is 0.810. The number of hydrogen-bond donors (Lipinski definition) is 1. The first-order valence-electron chi connectivity index (χ1n) is 9.85. The number of anilines is 1. The summed E-state index contributed by atoms with van der Waals surface area (Å²) in [6.07, 6.45) is 4.02. The zero-order chi connectivity index (χ0) is 20.1. The van der Waals surface area contributed by atoms with Gasteiger partial charge in [0.1, 0.15) is 5.82 Å². The Bertz CT molecular complexity index is 859. The van der Waals surface area contributed by atoms with Crippen molar-refractivity contribution >= 4 is 17.5 Å². The number of para-hydroxylation sites is 1. The number of benzene rings is 2. The van der Waals surface area contributed by atoms with Crippen molar-refractivity contribution in [3.8, 4) is 0 Å². The van der Waals surface area contributed by atoms with E-state index in [0.29, 0.717) is 18.4 Å². The number of aryl methyl sites for hydroxylation is 1. The molecular formula is C23H27FN2O2. The molecule has 28 heavy (non-hydrogen) atoms. The summed E-state index contributed by atoms with van der Waals surface area (Å²) in [7, 11) is 1.65. The Kier molecular flexibility index (Phi) is 6.12. The fourth-order valence-electron chi connectivity index (χ4n) is 4.18. The summed E-state index contributed by atoms with van der Waals surface area (Å²) in [5.41, 5.74) is 1.80. The lowest BCUT2D eigenvalue weighted by Gasteiger charge is -2.32. The van der Waals surface area contributed by atoms with E-state index in [1.165, 1.54) is 17.0 Å². The number of nitrogens with zero attached hydrogens (tertiary/aromatic N) is 1. The van der Waals surface area contributed by atoms with E-state index in [-0.39, 0.29) is 24.2 Å². The molecule has 2 aromatic rings. The minimum Gasteiger partial charge on any atom is -0.336 e. The fraction of sp³-hybridized carbons (Fsp3) is 0.391. The number of carbonyl (C=O) groups excluding carboxylic acids is 2. The summed E-state index contributed by atoms with van der Waals surface area (Å²) < 4.78 is 13.8. The van der Waals surface area contributed by atoms with Crippen LogP contribution in [0.15, 0.2) is 48.5 Å². The molecule has 0 unspecified atom stereocenters. The van der Waals surface area contributed by atoms with Crippen LogP contribution in [0.2, 0.25) is 0 Å². The first kappa shape index (κ1) is 20.1. The Labute approximate surface area is 165 Å². The van der Waals surface area contributed by atoms with Crippen LogP contribution in [0.4, 0.5) is 10.1 Å². The van der Waals surface area contributed by atoms with E-state index in [9.17, 15) is 14.0 Å². The number of halogens is 1. The lowest BCUT2D eigenvalue weighted by molar-refractivity contribution is -0.138. The van der Waals surface area contributed by atoms with E-state index < -0.39 is 5.41 Å². The van der Waals surface area contributed by atoms with Crippen molar-refractivity contribution in [2.75, 3.05) is 18.9 Å². The van der Waals surface area contributed by atoms with Crippen molar-refractivity contribution < 1.29 is 14.0 Å². The van der Waals surface area contributed by atoms with Crippen molar-refractivity contribution in [2.45, 2.75) is 44.4 Å². The number of carbonyl (C=O) groups is 2. The van der Waals surface area contributed by atoms with Gasteiger partial charge in [0.05, 0.1) is 12.0 Å². The first-order chi connectivity index (χ1) is 13.5. The van der Waals surface area contributed by atoms with Crippen LogP contribution in [0.5, 0.6) is 0 Å². The topological polar surface area (TPSA) is 49.4 Å². The van der Waals surface area contributed by atoms with Gasteiger partial charge in [0.2, 0.25) is 11.8 Å². The van der Waals surface area contributed by atoms with E-state index in [1.54, 1.807) is 13.1 Å². The second-order valence-corrected chi connectivity index (χ2v) is 7.52. The van der Waals surface area contributed by atoms with Crippen LogP contribution in [0, 0.1) is 5.82 Å². The Morgan fingerprint density at radius 2 is 1.82 bits per heavy atom. The lowest BCUT2D eigenvalue weighted by Crippen LogP contribution is -2.46. The van der Waals surface area contributed by atoms with Crippen LogP contribution >= 0.6 is 0 Å². The average molecular weight is 382 g/mol. The molecule has 0 radical (unpaired) electrons. The molecule has 0 atom stereocenters. The van der Waals surface area contributed by atoms with Gasteiger partial charge in [-0.3, -0.25) is 9.59 Å². The predicted octanol–water partition coefficient (Wildman–Crippen LogP) is 4.30. The van der Waals surface area contributed by atoms with Gasteiger partial charge in [-0.1, -0.05) is 50.1 Å². The molecule has 0 aromatic heterocycles. The molecule has 5 heteroatoms. The summed E-state index contributed by atoms with van der Waals surface area (Å²) in [6.45, 7) is 2.00. The molecule has 1 aliphatic carbocycles. The highest BCUT2D eigenvalue weighted by Crippen LogP contribution is 2.42. The highest BCUT2D eigenvalue weighted by Gasteiger charge is 2.44.